The van der Waals surface area contributed by atoms with E-state index in [0.717, 1.165) is 11.1 Å². The SMILES string of the molecule is CC[C@H](C)[C@@](N)(C[C@@H]1CO[C@@H](C/C(C)=C/c2ncc(-c3ccccc3)o2)[C@H](O)[C@@H]1O)C(=O)OS(N)(=O)=O. The first-order valence-electron chi connectivity index (χ1n) is 12.1. The molecular weight excluding hydrogens is 502 g/mol. The average Bonchev–Trinajstić information content (AvgIpc) is 3.31. The number of benzene rings is 1. The van der Waals surface area contributed by atoms with Gasteiger partial charge in [-0.1, -0.05) is 56.2 Å². The van der Waals surface area contributed by atoms with Crippen molar-refractivity contribution in [1.82, 2.24) is 4.98 Å². The highest BCUT2D eigenvalue weighted by Crippen LogP contribution is 2.34. The van der Waals surface area contributed by atoms with Gasteiger partial charge in [0.15, 0.2) is 5.76 Å². The number of oxazole rings is 1. The predicted octanol–water partition coefficient (Wildman–Crippen LogP) is 1.75. The number of hydrogen-bond donors (Lipinski definition) is 4. The van der Waals surface area contributed by atoms with Crippen molar-refractivity contribution in [3.63, 3.8) is 0 Å². The second-order valence-corrected chi connectivity index (χ2v) is 10.8. The third-order valence-electron chi connectivity index (χ3n) is 6.88. The normalized spacial score (nSPS) is 25.3. The highest BCUT2D eigenvalue weighted by Gasteiger charge is 2.48. The molecule has 0 saturated carbocycles. The van der Waals surface area contributed by atoms with E-state index in [1.54, 1.807) is 26.1 Å². The third kappa shape index (κ3) is 7.24. The average molecular weight is 538 g/mol. The minimum absolute atomic E-state index is 0.00856. The molecule has 1 aliphatic rings. The maximum Gasteiger partial charge on any atom is 0.382 e. The van der Waals surface area contributed by atoms with Crippen LogP contribution in [0.5, 0.6) is 0 Å². The molecule has 2 aromatic rings. The van der Waals surface area contributed by atoms with E-state index in [0.29, 0.717) is 24.5 Å². The van der Waals surface area contributed by atoms with Gasteiger partial charge in [-0.05, 0) is 31.8 Å². The summed E-state index contributed by atoms with van der Waals surface area (Å²) in [6, 6.07) is 9.54. The van der Waals surface area contributed by atoms with E-state index in [1.807, 2.05) is 37.3 Å². The van der Waals surface area contributed by atoms with E-state index in [1.165, 1.54) is 0 Å². The second kappa shape index (κ2) is 11.8. The van der Waals surface area contributed by atoms with Crippen LogP contribution in [0.2, 0.25) is 0 Å². The predicted molar refractivity (Wildman–Crippen MR) is 136 cm³/mol. The molecule has 11 nitrogen and oxygen atoms in total. The fourth-order valence-corrected chi connectivity index (χ4v) is 4.81. The van der Waals surface area contributed by atoms with Crippen molar-refractivity contribution in [2.75, 3.05) is 6.61 Å². The quantitative estimate of drug-likeness (QED) is 0.347. The van der Waals surface area contributed by atoms with Crippen LogP contribution in [-0.2, 0) is 24.0 Å². The lowest BCUT2D eigenvalue weighted by atomic mass is 9.74. The van der Waals surface area contributed by atoms with Gasteiger partial charge in [0, 0.05) is 11.5 Å². The van der Waals surface area contributed by atoms with E-state index < -0.39 is 52.0 Å². The summed E-state index contributed by atoms with van der Waals surface area (Å²) < 4.78 is 38.6. The van der Waals surface area contributed by atoms with E-state index in [9.17, 15) is 23.4 Å². The molecule has 0 aliphatic carbocycles. The van der Waals surface area contributed by atoms with Gasteiger partial charge >= 0.3 is 16.3 Å². The Morgan fingerprint density at radius 3 is 2.59 bits per heavy atom. The molecule has 37 heavy (non-hydrogen) atoms. The summed E-state index contributed by atoms with van der Waals surface area (Å²) in [4.78, 5) is 16.9. The van der Waals surface area contributed by atoms with Crippen molar-refractivity contribution in [2.45, 2.75) is 63.9 Å². The summed E-state index contributed by atoms with van der Waals surface area (Å²) in [5, 5.41) is 26.5. The Morgan fingerprint density at radius 1 is 1.30 bits per heavy atom. The van der Waals surface area contributed by atoms with Gasteiger partial charge in [0.1, 0.15) is 11.6 Å². The largest absolute Gasteiger partial charge is 0.437 e. The van der Waals surface area contributed by atoms with Crippen LogP contribution in [0.1, 0.15) is 45.9 Å². The monoisotopic (exact) mass is 537 g/mol. The first-order chi connectivity index (χ1) is 17.3. The van der Waals surface area contributed by atoms with Crippen molar-refractivity contribution in [2.24, 2.45) is 22.7 Å². The van der Waals surface area contributed by atoms with Gasteiger partial charge in [-0.25, -0.2) is 9.78 Å². The van der Waals surface area contributed by atoms with Gasteiger partial charge in [-0.15, -0.1) is 0 Å². The summed E-state index contributed by atoms with van der Waals surface area (Å²) in [7, 11) is -4.57. The van der Waals surface area contributed by atoms with Crippen molar-refractivity contribution in [3.8, 4) is 11.3 Å². The molecule has 1 fully saturated rings. The summed E-state index contributed by atoms with van der Waals surface area (Å²) in [5.41, 5.74) is 6.26. The zero-order valence-corrected chi connectivity index (χ0v) is 21.9. The van der Waals surface area contributed by atoms with Crippen LogP contribution in [0, 0.1) is 11.8 Å². The van der Waals surface area contributed by atoms with Gasteiger partial charge in [-0.3, -0.25) is 0 Å². The van der Waals surface area contributed by atoms with Crippen LogP contribution in [0.25, 0.3) is 17.4 Å². The topological polar surface area (TPSA) is 188 Å². The van der Waals surface area contributed by atoms with Crippen molar-refractivity contribution in [1.29, 1.82) is 0 Å². The number of aliphatic hydroxyl groups excluding tert-OH is 2. The number of nitrogens with zero attached hydrogens (tertiary/aromatic N) is 1. The maximum atomic E-state index is 12.6. The molecule has 6 atom stereocenters. The van der Waals surface area contributed by atoms with E-state index in [-0.39, 0.29) is 13.0 Å². The first-order valence-corrected chi connectivity index (χ1v) is 13.5. The third-order valence-corrected chi connectivity index (χ3v) is 7.26. The number of carbonyl (C=O) groups is 1. The Hall–Kier alpha value is -2.61. The zero-order chi connectivity index (χ0) is 27.4. The first kappa shape index (κ1) is 29.0. The number of hydrogen-bond acceptors (Lipinski definition) is 10. The summed E-state index contributed by atoms with van der Waals surface area (Å²) in [5.74, 6) is -1.44. The van der Waals surface area contributed by atoms with E-state index in [4.69, 9.17) is 20.0 Å². The molecule has 0 unspecified atom stereocenters. The van der Waals surface area contributed by atoms with Crippen LogP contribution in [0.4, 0.5) is 0 Å². The molecule has 3 rings (SSSR count). The van der Waals surface area contributed by atoms with Gasteiger partial charge in [0.05, 0.1) is 25.0 Å². The minimum atomic E-state index is -4.57. The van der Waals surface area contributed by atoms with Gasteiger partial charge in [-0.2, -0.15) is 13.6 Å². The molecule has 0 bridgehead atoms. The van der Waals surface area contributed by atoms with Crippen LogP contribution in [0.15, 0.2) is 46.5 Å². The minimum Gasteiger partial charge on any atom is -0.437 e. The van der Waals surface area contributed by atoms with Crippen LogP contribution in [0.3, 0.4) is 0 Å². The summed E-state index contributed by atoms with van der Waals surface area (Å²) in [6.07, 6.45) is 0.647. The standard InChI is InChI=1S/C25H35N3O8S/c1-4-16(3)25(26,24(31)36-37(27,32)33)12-18-14-34-19(23(30)22(18)29)10-15(2)11-21-28-13-20(35-21)17-8-6-5-7-9-17/h5-9,11,13,16,18-19,22-23,29-30H,4,10,12,14,26H2,1-3H3,(H2,27,32,33)/b15-11+/t16-,18+,19-,22+,23-,25-/m0/s1. The number of rotatable bonds is 10. The maximum absolute atomic E-state index is 12.6. The second-order valence-electron chi connectivity index (χ2n) is 9.65. The smallest absolute Gasteiger partial charge is 0.382 e. The van der Waals surface area contributed by atoms with Gasteiger partial charge < -0.3 is 29.3 Å². The molecule has 2 heterocycles. The number of ether oxygens (including phenoxy) is 1. The van der Waals surface area contributed by atoms with Gasteiger partial charge in [0.25, 0.3) is 0 Å². The van der Waals surface area contributed by atoms with Crippen LogP contribution < -0.4 is 10.9 Å². The van der Waals surface area contributed by atoms with Crippen LogP contribution >= 0.6 is 0 Å². The lowest BCUT2D eigenvalue weighted by Gasteiger charge is -2.42. The van der Waals surface area contributed by atoms with E-state index >= 15 is 0 Å². The molecule has 1 aliphatic heterocycles. The Morgan fingerprint density at radius 2 is 1.97 bits per heavy atom. The fraction of sp³-hybridized carbons (Fsp3) is 0.520. The number of nitrogens with two attached hydrogens (primary N) is 2. The molecule has 0 radical (unpaired) electrons. The fourth-order valence-electron chi connectivity index (χ4n) is 4.45. The molecule has 0 amide bonds. The Balaban J connectivity index is 1.66. The molecular formula is C25H35N3O8S. The Bertz CT molecular complexity index is 1200. The summed E-state index contributed by atoms with van der Waals surface area (Å²) in [6.45, 7) is 5.27. The molecule has 1 aromatic heterocycles. The number of aliphatic hydroxyl groups is 2. The lowest BCUT2D eigenvalue weighted by molar-refractivity contribution is -0.171. The molecule has 12 heteroatoms. The molecule has 6 N–H and O–H groups in total. The zero-order valence-electron chi connectivity index (χ0n) is 21.1. The van der Waals surface area contributed by atoms with E-state index in [2.05, 4.69) is 9.17 Å². The molecule has 1 saturated heterocycles. The highest BCUT2D eigenvalue weighted by molar-refractivity contribution is 7.84. The molecule has 1 aromatic carbocycles. The number of aromatic nitrogens is 1. The van der Waals surface area contributed by atoms with Crippen molar-refractivity contribution < 1.29 is 36.8 Å². The number of carbonyl (C=O) groups excluding carboxylic acids is 1. The molecule has 0 spiro atoms. The van der Waals surface area contributed by atoms with Crippen molar-refractivity contribution >= 4 is 22.3 Å². The van der Waals surface area contributed by atoms with Crippen LogP contribution in [-0.4, -0.2) is 60.0 Å². The Labute approximate surface area is 216 Å². The highest BCUT2D eigenvalue weighted by atomic mass is 32.2. The van der Waals surface area contributed by atoms with Gasteiger partial charge in [0.2, 0.25) is 5.89 Å². The Kier molecular flexibility index (Phi) is 9.27. The summed E-state index contributed by atoms with van der Waals surface area (Å²) >= 11 is 0. The van der Waals surface area contributed by atoms with Crippen molar-refractivity contribution in [3.05, 3.63) is 48.0 Å². The lowest BCUT2D eigenvalue weighted by Crippen LogP contribution is -2.59. The molecule has 204 valence electrons.